The van der Waals surface area contributed by atoms with Gasteiger partial charge in [-0.25, -0.2) is 0 Å². The molecule has 1 aliphatic rings. The van der Waals surface area contributed by atoms with Crippen LogP contribution in [0.4, 0.5) is 0 Å². The molecule has 0 saturated carbocycles. The van der Waals surface area contributed by atoms with Crippen molar-refractivity contribution >= 4 is 33.2 Å². The van der Waals surface area contributed by atoms with Crippen molar-refractivity contribution in [2.45, 2.75) is 40.3 Å². The van der Waals surface area contributed by atoms with Gasteiger partial charge in [-0.05, 0) is 61.8 Å². The highest BCUT2D eigenvalue weighted by Crippen LogP contribution is 2.22. The van der Waals surface area contributed by atoms with E-state index in [1.807, 2.05) is 4.90 Å². The molecule has 3 rings (SSSR count). The van der Waals surface area contributed by atoms with Crippen molar-refractivity contribution in [3.05, 3.63) is 43.8 Å². The quantitative estimate of drug-likeness (QED) is 0.802. The largest absolute Gasteiger partial charge is 0.346 e. The van der Waals surface area contributed by atoms with Crippen molar-refractivity contribution in [1.29, 1.82) is 0 Å². The van der Waals surface area contributed by atoms with Crippen LogP contribution in [0, 0.1) is 13.8 Å². The van der Waals surface area contributed by atoms with Crippen LogP contribution in [0.2, 0.25) is 0 Å². The maximum atomic E-state index is 13.0. The van der Waals surface area contributed by atoms with Gasteiger partial charge in [0.2, 0.25) is 0 Å². The Balaban J connectivity index is 1.63. The minimum Gasteiger partial charge on any atom is -0.346 e. The highest BCUT2D eigenvalue weighted by molar-refractivity contribution is 9.11. The molecule has 1 fully saturated rings. The van der Waals surface area contributed by atoms with Gasteiger partial charge in [0.05, 0.1) is 40.4 Å². The number of aryl methyl sites for hydroxylation is 1. The van der Waals surface area contributed by atoms with Crippen LogP contribution in [0.15, 0.2) is 22.0 Å². The predicted molar refractivity (Wildman–Crippen MR) is 107 cm³/mol. The second-order valence-electron chi connectivity index (χ2n) is 7.17. The van der Waals surface area contributed by atoms with Crippen molar-refractivity contribution in [3.63, 3.8) is 0 Å². The Morgan fingerprint density at radius 3 is 2.48 bits per heavy atom. The first-order chi connectivity index (χ1) is 11.9. The number of hydrogen-bond donors (Lipinski definition) is 1. The maximum absolute atomic E-state index is 13.0. The van der Waals surface area contributed by atoms with E-state index in [1.54, 1.807) is 16.2 Å². The number of quaternary nitrogens is 1. The van der Waals surface area contributed by atoms with Crippen molar-refractivity contribution in [2.24, 2.45) is 0 Å². The molecule has 0 atom stereocenters. The van der Waals surface area contributed by atoms with E-state index in [2.05, 4.69) is 66.4 Å². The number of amides is 1. The lowest BCUT2D eigenvalue weighted by molar-refractivity contribution is -0.917. The number of rotatable bonds is 4. The molecular weight excluding hydrogens is 398 g/mol. The Kier molecular flexibility index (Phi) is 5.71. The molecule has 0 unspecified atom stereocenters. The summed E-state index contributed by atoms with van der Waals surface area (Å²) in [5.41, 5.74) is 3.14. The Hall–Kier alpha value is -1.11. The number of halogens is 1. The van der Waals surface area contributed by atoms with Crippen LogP contribution in [0.1, 0.15) is 46.5 Å². The monoisotopic (exact) mass is 424 g/mol. The highest BCUT2D eigenvalue weighted by atomic mass is 79.9. The lowest BCUT2D eigenvalue weighted by Gasteiger charge is -2.32. The second kappa shape index (κ2) is 7.64. The molecule has 2 aromatic rings. The van der Waals surface area contributed by atoms with Gasteiger partial charge in [0.1, 0.15) is 6.54 Å². The summed E-state index contributed by atoms with van der Waals surface area (Å²) >= 11 is 5.34. The van der Waals surface area contributed by atoms with Gasteiger partial charge in [-0.15, -0.1) is 11.3 Å². The summed E-state index contributed by atoms with van der Waals surface area (Å²) in [5, 5.41) is 0. The molecule has 0 bridgehead atoms. The summed E-state index contributed by atoms with van der Waals surface area (Å²) in [4.78, 5) is 18.0. The van der Waals surface area contributed by atoms with Crippen molar-refractivity contribution in [2.75, 3.05) is 26.2 Å². The topological polar surface area (TPSA) is 29.7 Å². The third-order valence-corrected chi connectivity index (χ3v) is 6.67. The maximum Gasteiger partial charge on any atom is 0.256 e. The fraction of sp³-hybridized carbons (Fsp3) is 0.526. The third kappa shape index (κ3) is 4.01. The molecule has 0 aliphatic carbocycles. The molecule has 1 saturated heterocycles. The zero-order valence-corrected chi connectivity index (χ0v) is 17.8. The number of aromatic nitrogens is 1. The molecule has 3 heterocycles. The van der Waals surface area contributed by atoms with E-state index in [9.17, 15) is 4.79 Å². The number of carbonyl (C=O) groups excluding carboxylic acids is 1. The zero-order chi connectivity index (χ0) is 18.1. The second-order valence-corrected chi connectivity index (χ2v) is 9.72. The lowest BCUT2D eigenvalue weighted by Crippen LogP contribution is -3.13. The highest BCUT2D eigenvalue weighted by Gasteiger charge is 2.27. The first-order valence-corrected chi connectivity index (χ1v) is 10.5. The minimum absolute atomic E-state index is 0.193. The average molecular weight is 425 g/mol. The molecule has 136 valence electrons. The Labute approximate surface area is 162 Å². The normalized spacial score (nSPS) is 16.0. The minimum atomic E-state index is 0.193. The molecule has 0 aromatic carbocycles. The molecule has 1 N–H and O–H groups in total. The molecule has 1 amide bonds. The molecule has 6 heteroatoms. The van der Waals surface area contributed by atoms with Crippen LogP contribution in [-0.2, 0) is 6.54 Å². The fourth-order valence-corrected chi connectivity index (χ4v) is 5.41. The van der Waals surface area contributed by atoms with Gasteiger partial charge < -0.3 is 14.4 Å². The summed E-state index contributed by atoms with van der Waals surface area (Å²) in [6, 6.07) is 6.75. The fourth-order valence-electron chi connectivity index (χ4n) is 3.85. The van der Waals surface area contributed by atoms with Gasteiger partial charge >= 0.3 is 0 Å². The lowest BCUT2D eigenvalue weighted by atomic mass is 10.2. The average Bonchev–Trinajstić information content (AvgIpc) is 3.10. The Morgan fingerprint density at radius 1 is 1.28 bits per heavy atom. The summed E-state index contributed by atoms with van der Waals surface area (Å²) in [6.45, 7) is 13.3. The predicted octanol–water partition coefficient (Wildman–Crippen LogP) is 3.05. The van der Waals surface area contributed by atoms with E-state index < -0.39 is 0 Å². The SMILES string of the molecule is Cc1cc(C(=O)N2CC[NH+](Cc3ccc(Br)s3)CC2)c(C)n1C(C)C. The van der Waals surface area contributed by atoms with E-state index in [-0.39, 0.29) is 5.91 Å². The molecule has 0 radical (unpaired) electrons. The van der Waals surface area contributed by atoms with Crippen LogP contribution in [0.25, 0.3) is 0 Å². The summed E-state index contributed by atoms with van der Waals surface area (Å²) < 4.78 is 3.44. The van der Waals surface area contributed by atoms with Gasteiger partial charge in [0, 0.05) is 17.4 Å². The van der Waals surface area contributed by atoms with Gasteiger partial charge in [-0.1, -0.05) is 0 Å². The molecule has 4 nitrogen and oxygen atoms in total. The number of hydrogen-bond acceptors (Lipinski definition) is 2. The molecule has 1 aliphatic heterocycles. The Bertz CT molecular complexity index is 757. The van der Waals surface area contributed by atoms with Gasteiger partial charge in [-0.2, -0.15) is 0 Å². The zero-order valence-electron chi connectivity index (χ0n) is 15.4. The van der Waals surface area contributed by atoms with E-state index >= 15 is 0 Å². The first-order valence-electron chi connectivity index (χ1n) is 8.92. The van der Waals surface area contributed by atoms with Gasteiger partial charge in [0.15, 0.2) is 0 Å². The van der Waals surface area contributed by atoms with Gasteiger partial charge in [-0.3, -0.25) is 4.79 Å². The summed E-state index contributed by atoms with van der Waals surface area (Å²) in [7, 11) is 0. The van der Waals surface area contributed by atoms with Crippen molar-refractivity contribution < 1.29 is 9.69 Å². The standard InChI is InChI=1S/C19H26BrN3OS/c1-13(2)23-14(3)11-17(15(23)4)19(24)22-9-7-21(8-10-22)12-16-5-6-18(20)25-16/h5-6,11,13H,7-10,12H2,1-4H3/p+1. The summed E-state index contributed by atoms with van der Waals surface area (Å²) in [5.74, 6) is 0.193. The van der Waals surface area contributed by atoms with Crippen LogP contribution >= 0.6 is 27.3 Å². The number of nitrogens with one attached hydrogen (secondary N) is 1. The molecule has 25 heavy (non-hydrogen) atoms. The van der Waals surface area contributed by atoms with Crippen molar-refractivity contribution in [1.82, 2.24) is 9.47 Å². The van der Waals surface area contributed by atoms with Crippen molar-refractivity contribution in [3.8, 4) is 0 Å². The van der Waals surface area contributed by atoms with E-state index in [1.165, 1.54) is 14.4 Å². The van der Waals surface area contributed by atoms with Crippen LogP contribution in [0.3, 0.4) is 0 Å². The van der Waals surface area contributed by atoms with Crippen LogP contribution in [-0.4, -0.2) is 41.6 Å². The van der Waals surface area contributed by atoms with E-state index in [0.29, 0.717) is 6.04 Å². The van der Waals surface area contributed by atoms with E-state index in [4.69, 9.17) is 0 Å². The Morgan fingerprint density at radius 2 is 1.96 bits per heavy atom. The number of thiophene rings is 1. The molecular formula is C19H27BrN3OS+. The van der Waals surface area contributed by atoms with Crippen LogP contribution < -0.4 is 4.90 Å². The number of piperazine rings is 1. The summed E-state index contributed by atoms with van der Waals surface area (Å²) in [6.07, 6.45) is 0. The number of carbonyl (C=O) groups is 1. The molecule has 2 aromatic heterocycles. The number of nitrogens with zero attached hydrogens (tertiary/aromatic N) is 2. The molecule has 0 spiro atoms. The van der Waals surface area contributed by atoms with Crippen LogP contribution in [0.5, 0.6) is 0 Å². The van der Waals surface area contributed by atoms with E-state index in [0.717, 1.165) is 44.0 Å². The third-order valence-electron chi connectivity index (χ3n) is 5.04. The smallest absolute Gasteiger partial charge is 0.256 e. The van der Waals surface area contributed by atoms with Gasteiger partial charge in [0.25, 0.3) is 5.91 Å². The first kappa shape index (κ1) is 18.7.